The highest BCUT2D eigenvalue weighted by Gasteiger charge is 2.20. The molecule has 1 aliphatic rings. The second-order valence-electron chi connectivity index (χ2n) is 5.12. The summed E-state index contributed by atoms with van der Waals surface area (Å²) in [6.07, 6.45) is 3.44. The monoisotopic (exact) mass is 422 g/mol. The van der Waals surface area contributed by atoms with Gasteiger partial charge in [-0.1, -0.05) is 6.92 Å². The lowest BCUT2D eigenvalue weighted by Crippen LogP contribution is -2.48. The summed E-state index contributed by atoms with van der Waals surface area (Å²) in [5, 5.41) is 10.5. The minimum Gasteiger partial charge on any atom is -0.363 e. The van der Waals surface area contributed by atoms with Crippen molar-refractivity contribution in [1.29, 1.82) is 0 Å². The van der Waals surface area contributed by atoms with Gasteiger partial charge in [-0.2, -0.15) is 0 Å². The Hall–Kier alpha value is -0.500. The molecule has 1 aromatic rings. The van der Waals surface area contributed by atoms with Gasteiger partial charge in [0.15, 0.2) is 5.96 Å². The molecule has 0 aromatic carbocycles. The summed E-state index contributed by atoms with van der Waals surface area (Å²) in [7, 11) is 0. The molecule has 2 rings (SSSR count). The molecule has 120 valence electrons. The predicted octanol–water partition coefficient (Wildman–Crippen LogP) is 3.30. The van der Waals surface area contributed by atoms with Gasteiger partial charge in [0.25, 0.3) is 0 Å². The molecule has 1 saturated heterocycles. The van der Waals surface area contributed by atoms with E-state index in [1.54, 1.807) is 0 Å². The average Bonchev–Trinajstić information content (AvgIpc) is 3.00. The Balaban J connectivity index is 0.00000220. The normalized spacial score (nSPS) is 16.5. The van der Waals surface area contributed by atoms with Crippen LogP contribution in [-0.2, 0) is 0 Å². The molecule has 0 saturated carbocycles. The van der Waals surface area contributed by atoms with E-state index in [9.17, 15) is 0 Å². The second kappa shape index (κ2) is 10.3. The van der Waals surface area contributed by atoms with Crippen LogP contribution in [0, 0.1) is 0 Å². The van der Waals surface area contributed by atoms with Gasteiger partial charge in [-0.3, -0.25) is 4.99 Å². The fourth-order valence-corrected chi connectivity index (χ4v) is 3.22. The maximum Gasteiger partial charge on any atom is 0.191 e. The van der Waals surface area contributed by atoms with E-state index in [4.69, 9.17) is 0 Å². The first-order chi connectivity index (χ1) is 9.83. The van der Waals surface area contributed by atoms with Crippen molar-refractivity contribution in [3.8, 4) is 0 Å². The largest absolute Gasteiger partial charge is 0.363 e. The van der Waals surface area contributed by atoms with E-state index in [0.29, 0.717) is 6.04 Å². The number of piperidine rings is 1. The number of rotatable bonds is 5. The maximum atomic E-state index is 4.58. The molecule has 4 nitrogen and oxygen atoms in total. The van der Waals surface area contributed by atoms with Crippen LogP contribution in [0.5, 0.6) is 0 Å². The first-order valence-electron chi connectivity index (χ1n) is 7.66. The highest BCUT2D eigenvalue weighted by Crippen LogP contribution is 2.24. The third-order valence-electron chi connectivity index (χ3n) is 3.49. The zero-order valence-corrected chi connectivity index (χ0v) is 16.1. The van der Waals surface area contributed by atoms with E-state index >= 15 is 0 Å². The van der Waals surface area contributed by atoms with Gasteiger partial charge >= 0.3 is 0 Å². The Kier molecular flexibility index (Phi) is 9.07. The van der Waals surface area contributed by atoms with E-state index < -0.39 is 0 Å². The SMILES string of the molecule is CCCN=C(NCC)NC1CCN(c2cccs2)CC1.I. The van der Waals surface area contributed by atoms with Crippen molar-refractivity contribution in [3.05, 3.63) is 17.5 Å². The summed E-state index contributed by atoms with van der Waals surface area (Å²) in [5.41, 5.74) is 0. The summed E-state index contributed by atoms with van der Waals surface area (Å²) in [4.78, 5) is 7.06. The van der Waals surface area contributed by atoms with Crippen LogP contribution >= 0.6 is 35.3 Å². The van der Waals surface area contributed by atoms with Crippen molar-refractivity contribution in [3.63, 3.8) is 0 Å². The summed E-state index contributed by atoms with van der Waals surface area (Å²) >= 11 is 1.83. The number of nitrogens with one attached hydrogen (secondary N) is 2. The summed E-state index contributed by atoms with van der Waals surface area (Å²) in [6.45, 7) is 8.35. The number of hydrogen-bond acceptors (Lipinski definition) is 3. The van der Waals surface area contributed by atoms with Crippen LogP contribution in [0.3, 0.4) is 0 Å². The van der Waals surface area contributed by atoms with Gasteiger partial charge in [0.05, 0.1) is 5.00 Å². The molecular weight excluding hydrogens is 395 g/mol. The molecule has 0 radical (unpaired) electrons. The number of thiophene rings is 1. The highest BCUT2D eigenvalue weighted by atomic mass is 127. The number of halogens is 1. The van der Waals surface area contributed by atoms with Crippen LogP contribution in [-0.4, -0.2) is 38.2 Å². The molecule has 2 N–H and O–H groups in total. The zero-order valence-electron chi connectivity index (χ0n) is 13.0. The molecule has 0 aliphatic carbocycles. The number of aliphatic imine (C=N–C) groups is 1. The van der Waals surface area contributed by atoms with Gasteiger partial charge in [-0.15, -0.1) is 35.3 Å². The van der Waals surface area contributed by atoms with Crippen LogP contribution in [0.15, 0.2) is 22.5 Å². The van der Waals surface area contributed by atoms with Crippen LogP contribution in [0.4, 0.5) is 5.00 Å². The third kappa shape index (κ3) is 6.02. The Morgan fingerprint density at radius 2 is 2.14 bits per heavy atom. The maximum absolute atomic E-state index is 4.58. The van der Waals surface area contributed by atoms with Gasteiger partial charge in [0.1, 0.15) is 0 Å². The van der Waals surface area contributed by atoms with Gasteiger partial charge in [-0.05, 0) is 43.7 Å². The Morgan fingerprint density at radius 1 is 1.38 bits per heavy atom. The van der Waals surface area contributed by atoms with Crippen molar-refractivity contribution in [1.82, 2.24) is 10.6 Å². The number of anilines is 1. The predicted molar refractivity (Wildman–Crippen MR) is 104 cm³/mol. The molecule has 21 heavy (non-hydrogen) atoms. The van der Waals surface area contributed by atoms with E-state index in [0.717, 1.165) is 38.6 Å². The molecule has 2 heterocycles. The van der Waals surface area contributed by atoms with Crippen LogP contribution in [0.2, 0.25) is 0 Å². The molecule has 1 fully saturated rings. The van der Waals surface area contributed by atoms with Gasteiger partial charge in [-0.25, -0.2) is 0 Å². The zero-order chi connectivity index (χ0) is 14.2. The van der Waals surface area contributed by atoms with E-state index in [1.807, 2.05) is 11.3 Å². The average molecular weight is 422 g/mol. The Bertz CT molecular complexity index is 400. The molecule has 6 heteroatoms. The fourth-order valence-electron chi connectivity index (χ4n) is 2.43. The smallest absolute Gasteiger partial charge is 0.191 e. The van der Waals surface area contributed by atoms with E-state index in [1.165, 1.54) is 17.8 Å². The van der Waals surface area contributed by atoms with Gasteiger partial charge in [0, 0.05) is 32.2 Å². The van der Waals surface area contributed by atoms with Crippen LogP contribution in [0.1, 0.15) is 33.1 Å². The van der Waals surface area contributed by atoms with Crippen molar-refractivity contribution < 1.29 is 0 Å². The first-order valence-corrected chi connectivity index (χ1v) is 8.54. The second-order valence-corrected chi connectivity index (χ2v) is 6.04. The molecule has 1 aliphatic heterocycles. The van der Waals surface area contributed by atoms with E-state index in [-0.39, 0.29) is 24.0 Å². The summed E-state index contributed by atoms with van der Waals surface area (Å²) < 4.78 is 0. The molecule has 0 unspecified atom stereocenters. The highest BCUT2D eigenvalue weighted by molar-refractivity contribution is 14.0. The molecular formula is C15H27IN4S. The van der Waals surface area contributed by atoms with Crippen molar-refractivity contribution in [2.24, 2.45) is 4.99 Å². The molecule has 0 bridgehead atoms. The van der Waals surface area contributed by atoms with Gasteiger partial charge < -0.3 is 15.5 Å². The quantitative estimate of drug-likeness (QED) is 0.435. The van der Waals surface area contributed by atoms with Crippen LogP contribution in [0.25, 0.3) is 0 Å². The molecule has 0 amide bonds. The molecule has 1 aromatic heterocycles. The number of hydrogen-bond donors (Lipinski definition) is 2. The summed E-state index contributed by atoms with van der Waals surface area (Å²) in [5.74, 6) is 0.976. The van der Waals surface area contributed by atoms with E-state index in [2.05, 4.69) is 51.9 Å². The van der Waals surface area contributed by atoms with Crippen molar-refractivity contribution in [2.45, 2.75) is 39.2 Å². The summed E-state index contributed by atoms with van der Waals surface area (Å²) in [6, 6.07) is 4.89. The lowest BCUT2D eigenvalue weighted by atomic mass is 10.1. The van der Waals surface area contributed by atoms with Gasteiger partial charge in [0.2, 0.25) is 0 Å². The van der Waals surface area contributed by atoms with Crippen molar-refractivity contribution in [2.75, 3.05) is 31.1 Å². The minimum atomic E-state index is 0. The third-order valence-corrected chi connectivity index (χ3v) is 4.42. The Labute approximate surface area is 149 Å². The molecule has 0 atom stereocenters. The van der Waals surface area contributed by atoms with Crippen LogP contribution < -0.4 is 15.5 Å². The lowest BCUT2D eigenvalue weighted by Gasteiger charge is -2.33. The lowest BCUT2D eigenvalue weighted by molar-refractivity contribution is 0.463. The number of nitrogens with zero attached hydrogens (tertiary/aromatic N) is 2. The fraction of sp³-hybridized carbons (Fsp3) is 0.667. The molecule has 0 spiro atoms. The Morgan fingerprint density at radius 3 is 2.71 bits per heavy atom. The minimum absolute atomic E-state index is 0. The number of guanidine groups is 1. The van der Waals surface area contributed by atoms with Crippen molar-refractivity contribution >= 4 is 46.3 Å². The first kappa shape index (κ1) is 18.5. The topological polar surface area (TPSA) is 39.7 Å². The standard InChI is InChI=1S/C15H26N4S.HI/c1-3-9-17-15(16-4-2)18-13-7-10-19(11-8-13)14-6-5-12-20-14;/h5-6,12-13H,3-4,7-11H2,1-2H3,(H2,16,17,18);1H.